The molecule has 0 aliphatic heterocycles. The maximum absolute atomic E-state index is 6.25. The van der Waals surface area contributed by atoms with E-state index in [4.69, 9.17) is 16.6 Å². The van der Waals surface area contributed by atoms with Crippen LogP contribution in [0.15, 0.2) is 18.2 Å². The fourth-order valence-electron chi connectivity index (χ4n) is 2.07. The van der Waals surface area contributed by atoms with Gasteiger partial charge in [0.1, 0.15) is 5.15 Å². The minimum Gasteiger partial charge on any atom is -0.232 e. The number of aromatic nitrogens is 2. The molecule has 98 valence electrons. The standard InChI is InChI=1S/C15H14ClIN2/c1-8-3-4-11(7-9(8)2)15-18-13(10-5-6-10)12(17)14(16)19-15/h3-4,7,10H,5-6H2,1-2H3. The van der Waals surface area contributed by atoms with Crippen molar-refractivity contribution in [3.63, 3.8) is 0 Å². The molecule has 2 nitrogen and oxygen atoms in total. The predicted molar refractivity (Wildman–Crippen MR) is 86.6 cm³/mol. The summed E-state index contributed by atoms with van der Waals surface area (Å²) in [5.74, 6) is 1.33. The van der Waals surface area contributed by atoms with Crippen molar-refractivity contribution in [3.05, 3.63) is 43.7 Å². The minimum absolute atomic E-state index is 0.575. The molecule has 19 heavy (non-hydrogen) atoms. The van der Waals surface area contributed by atoms with E-state index in [-0.39, 0.29) is 0 Å². The second-order valence-electron chi connectivity index (χ2n) is 5.11. The molecule has 1 aromatic heterocycles. The Kier molecular flexibility index (Phi) is 3.52. The largest absolute Gasteiger partial charge is 0.232 e. The molecule has 1 aliphatic rings. The van der Waals surface area contributed by atoms with Gasteiger partial charge in [0, 0.05) is 11.5 Å². The molecular formula is C15H14ClIN2. The van der Waals surface area contributed by atoms with Crippen LogP contribution in [-0.2, 0) is 0 Å². The maximum atomic E-state index is 6.25. The molecule has 0 atom stereocenters. The first-order valence-electron chi connectivity index (χ1n) is 6.37. The lowest BCUT2D eigenvalue weighted by Gasteiger charge is -2.09. The topological polar surface area (TPSA) is 25.8 Å². The van der Waals surface area contributed by atoms with E-state index in [9.17, 15) is 0 Å². The van der Waals surface area contributed by atoms with Crippen LogP contribution in [0.4, 0.5) is 0 Å². The summed E-state index contributed by atoms with van der Waals surface area (Å²) in [6.45, 7) is 4.21. The highest BCUT2D eigenvalue weighted by Gasteiger charge is 2.29. The SMILES string of the molecule is Cc1ccc(-c2nc(Cl)c(I)c(C3CC3)n2)cc1C. The van der Waals surface area contributed by atoms with Crippen molar-refractivity contribution >= 4 is 34.2 Å². The first kappa shape index (κ1) is 13.3. The van der Waals surface area contributed by atoms with Gasteiger partial charge in [0.2, 0.25) is 0 Å². The number of benzene rings is 1. The summed E-state index contributed by atoms with van der Waals surface area (Å²) >= 11 is 8.50. The summed E-state index contributed by atoms with van der Waals surface area (Å²) < 4.78 is 1.01. The highest BCUT2D eigenvalue weighted by atomic mass is 127. The fourth-order valence-corrected chi connectivity index (χ4v) is 2.93. The Morgan fingerprint density at radius 1 is 1.16 bits per heavy atom. The van der Waals surface area contributed by atoms with E-state index in [1.165, 1.54) is 24.0 Å². The Morgan fingerprint density at radius 3 is 2.53 bits per heavy atom. The number of hydrogen-bond donors (Lipinski definition) is 0. The zero-order valence-electron chi connectivity index (χ0n) is 10.9. The Labute approximate surface area is 131 Å². The summed E-state index contributed by atoms with van der Waals surface area (Å²) in [7, 11) is 0. The highest BCUT2D eigenvalue weighted by Crippen LogP contribution is 2.42. The van der Waals surface area contributed by atoms with E-state index >= 15 is 0 Å². The quantitative estimate of drug-likeness (QED) is 0.544. The van der Waals surface area contributed by atoms with E-state index in [1.807, 2.05) is 0 Å². The molecule has 0 N–H and O–H groups in total. The van der Waals surface area contributed by atoms with Crippen molar-refractivity contribution in [2.45, 2.75) is 32.6 Å². The van der Waals surface area contributed by atoms with Crippen LogP contribution < -0.4 is 0 Å². The Bertz CT molecular complexity index is 651. The molecule has 2 aromatic rings. The first-order chi connectivity index (χ1) is 9.06. The van der Waals surface area contributed by atoms with Crippen molar-refractivity contribution in [2.24, 2.45) is 0 Å². The zero-order valence-corrected chi connectivity index (χ0v) is 13.8. The lowest BCUT2D eigenvalue weighted by molar-refractivity contribution is 0.977. The number of hydrogen-bond acceptors (Lipinski definition) is 2. The van der Waals surface area contributed by atoms with Crippen LogP contribution in [0.25, 0.3) is 11.4 Å². The second-order valence-corrected chi connectivity index (χ2v) is 6.55. The molecular weight excluding hydrogens is 371 g/mol. The van der Waals surface area contributed by atoms with E-state index in [1.54, 1.807) is 0 Å². The number of rotatable bonds is 2. The Morgan fingerprint density at radius 2 is 1.89 bits per heavy atom. The van der Waals surface area contributed by atoms with Gasteiger partial charge >= 0.3 is 0 Å². The molecule has 1 heterocycles. The molecule has 0 saturated heterocycles. The molecule has 4 heteroatoms. The van der Waals surface area contributed by atoms with Crippen LogP contribution in [0.1, 0.15) is 35.6 Å². The van der Waals surface area contributed by atoms with Crippen molar-refractivity contribution in [2.75, 3.05) is 0 Å². The first-order valence-corrected chi connectivity index (χ1v) is 7.82. The van der Waals surface area contributed by atoms with Gasteiger partial charge in [-0.25, -0.2) is 9.97 Å². The van der Waals surface area contributed by atoms with Gasteiger partial charge in [-0.05, 0) is 66.5 Å². The molecule has 0 radical (unpaired) electrons. The van der Waals surface area contributed by atoms with Crippen molar-refractivity contribution in [1.82, 2.24) is 9.97 Å². The Hall–Kier alpha value is -0.680. The van der Waals surface area contributed by atoms with Gasteiger partial charge in [-0.2, -0.15) is 0 Å². The molecule has 1 aromatic carbocycles. The molecule has 0 amide bonds. The monoisotopic (exact) mass is 384 g/mol. The van der Waals surface area contributed by atoms with Crippen LogP contribution in [0.2, 0.25) is 5.15 Å². The van der Waals surface area contributed by atoms with E-state index in [0.717, 1.165) is 20.7 Å². The normalized spacial score (nSPS) is 14.7. The molecule has 0 spiro atoms. The van der Waals surface area contributed by atoms with E-state index in [0.29, 0.717) is 11.1 Å². The van der Waals surface area contributed by atoms with Gasteiger partial charge in [-0.15, -0.1) is 0 Å². The summed E-state index contributed by atoms with van der Waals surface area (Å²) in [6.07, 6.45) is 2.44. The molecule has 1 aliphatic carbocycles. The van der Waals surface area contributed by atoms with Crippen molar-refractivity contribution < 1.29 is 0 Å². The summed E-state index contributed by atoms with van der Waals surface area (Å²) in [5.41, 5.74) is 4.70. The fraction of sp³-hybridized carbons (Fsp3) is 0.333. The third-order valence-electron chi connectivity index (χ3n) is 3.57. The third-order valence-corrected chi connectivity index (χ3v) is 5.22. The average molecular weight is 385 g/mol. The molecule has 1 fully saturated rings. The summed E-state index contributed by atoms with van der Waals surface area (Å²) in [4.78, 5) is 9.16. The maximum Gasteiger partial charge on any atom is 0.161 e. The minimum atomic E-state index is 0.575. The number of aryl methyl sites for hydroxylation is 2. The van der Waals surface area contributed by atoms with Gasteiger partial charge < -0.3 is 0 Å². The van der Waals surface area contributed by atoms with Crippen molar-refractivity contribution in [3.8, 4) is 11.4 Å². The van der Waals surface area contributed by atoms with Crippen LogP contribution >= 0.6 is 34.2 Å². The molecule has 0 unspecified atom stereocenters. The number of nitrogens with zero attached hydrogens (tertiary/aromatic N) is 2. The summed E-state index contributed by atoms with van der Waals surface area (Å²) in [5, 5.41) is 0.575. The van der Waals surface area contributed by atoms with Gasteiger partial charge in [0.05, 0.1) is 9.26 Å². The van der Waals surface area contributed by atoms with E-state index < -0.39 is 0 Å². The van der Waals surface area contributed by atoms with Crippen LogP contribution in [0, 0.1) is 17.4 Å². The molecule has 0 bridgehead atoms. The average Bonchev–Trinajstić information content (AvgIpc) is 3.20. The van der Waals surface area contributed by atoms with Gasteiger partial charge in [-0.1, -0.05) is 23.7 Å². The van der Waals surface area contributed by atoms with Crippen LogP contribution in [0.3, 0.4) is 0 Å². The van der Waals surface area contributed by atoms with E-state index in [2.05, 4.69) is 59.6 Å². The van der Waals surface area contributed by atoms with Gasteiger partial charge in [0.25, 0.3) is 0 Å². The molecule has 1 saturated carbocycles. The lowest BCUT2D eigenvalue weighted by Crippen LogP contribution is -2.00. The predicted octanol–water partition coefficient (Wildman–Crippen LogP) is 4.90. The third kappa shape index (κ3) is 2.63. The van der Waals surface area contributed by atoms with Gasteiger partial charge in [0.15, 0.2) is 5.82 Å². The smallest absolute Gasteiger partial charge is 0.161 e. The second kappa shape index (κ2) is 5.02. The molecule has 3 rings (SSSR count). The summed E-state index contributed by atoms with van der Waals surface area (Å²) in [6, 6.07) is 6.30. The zero-order chi connectivity index (χ0) is 13.6. The van der Waals surface area contributed by atoms with Crippen molar-refractivity contribution in [1.29, 1.82) is 0 Å². The lowest BCUT2D eigenvalue weighted by atomic mass is 10.1. The Balaban J connectivity index is 2.11. The van der Waals surface area contributed by atoms with Crippen LogP contribution in [-0.4, -0.2) is 9.97 Å². The highest BCUT2D eigenvalue weighted by molar-refractivity contribution is 14.1. The van der Waals surface area contributed by atoms with Crippen LogP contribution in [0.5, 0.6) is 0 Å². The van der Waals surface area contributed by atoms with Gasteiger partial charge in [-0.3, -0.25) is 0 Å². The number of halogens is 2.